The van der Waals surface area contributed by atoms with Crippen LogP contribution < -0.4 is 27.0 Å². The topological polar surface area (TPSA) is 220 Å². The van der Waals surface area contributed by atoms with E-state index >= 15 is 0 Å². The van der Waals surface area contributed by atoms with E-state index in [4.69, 9.17) is 10.8 Å². The predicted molar refractivity (Wildman–Crippen MR) is 153 cm³/mol. The molecule has 1 fully saturated rings. The number of carbonyl (C=O) groups is 6. The molecular formula is C29H36N6O8. The number of phenolic OH excluding ortho intramolecular Hbond substituents is 1. The number of phenols is 1. The third kappa shape index (κ3) is 10.1. The quantitative estimate of drug-likeness (QED) is 0.133. The first-order chi connectivity index (χ1) is 20.6. The van der Waals surface area contributed by atoms with Crippen molar-refractivity contribution < 1.29 is 39.0 Å². The van der Waals surface area contributed by atoms with Gasteiger partial charge in [0.2, 0.25) is 29.5 Å². The molecule has 2 aromatic carbocycles. The summed E-state index contributed by atoms with van der Waals surface area (Å²) in [6, 6.07) is 11.8. The highest BCUT2D eigenvalue weighted by molar-refractivity contribution is 5.95. The summed E-state index contributed by atoms with van der Waals surface area (Å²) in [6.07, 6.45) is 0.927. The summed E-state index contributed by atoms with van der Waals surface area (Å²) in [7, 11) is 0. The van der Waals surface area contributed by atoms with E-state index in [-0.39, 0.29) is 38.2 Å². The summed E-state index contributed by atoms with van der Waals surface area (Å²) in [5, 5.41) is 28.5. The van der Waals surface area contributed by atoms with Gasteiger partial charge in [0.05, 0.1) is 13.1 Å². The molecule has 5 amide bonds. The number of nitrogens with zero attached hydrogens (tertiary/aromatic N) is 1. The Hall–Kier alpha value is -4.98. The van der Waals surface area contributed by atoms with E-state index in [1.165, 1.54) is 17.0 Å². The number of benzene rings is 2. The minimum absolute atomic E-state index is 0.000646. The molecule has 0 aromatic heterocycles. The summed E-state index contributed by atoms with van der Waals surface area (Å²) >= 11 is 0. The molecule has 0 radical (unpaired) electrons. The highest BCUT2D eigenvalue weighted by Gasteiger charge is 2.39. The van der Waals surface area contributed by atoms with Crippen molar-refractivity contribution in [2.24, 2.45) is 5.73 Å². The van der Waals surface area contributed by atoms with Crippen molar-refractivity contribution in [1.82, 2.24) is 26.2 Å². The van der Waals surface area contributed by atoms with Gasteiger partial charge in [-0.2, -0.15) is 0 Å². The van der Waals surface area contributed by atoms with Gasteiger partial charge in [0.1, 0.15) is 30.4 Å². The number of nitrogens with one attached hydrogen (secondary N) is 4. The van der Waals surface area contributed by atoms with E-state index in [2.05, 4.69) is 21.3 Å². The maximum Gasteiger partial charge on any atom is 0.322 e. The first kappa shape index (κ1) is 32.5. The van der Waals surface area contributed by atoms with Crippen LogP contribution in [0.5, 0.6) is 5.75 Å². The molecule has 0 saturated carbocycles. The third-order valence-electron chi connectivity index (χ3n) is 6.81. The number of likely N-dealkylation sites (tertiary alicyclic amines) is 1. The van der Waals surface area contributed by atoms with Crippen molar-refractivity contribution in [3.05, 3.63) is 65.7 Å². The Morgan fingerprint density at radius 1 is 0.837 bits per heavy atom. The fourth-order valence-corrected chi connectivity index (χ4v) is 4.68. The zero-order chi connectivity index (χ0) is 31.4. The maximum absolute atomic E-state index is 13.8. The van der Waals surface area contributed by atoms with Crippen LogP contribution in [0, 0.1) is 0 Å². The molecule has 0 bridgehead atoms. The fraction of sp³-hybridized carbons (Fsp3) is 0.379. The number of aromatic hydroxyl groups is 1. The second-order valence-electron chi connectivity index (χ2n) is 10.0. The Labute approximate surface area is 248 Å². The summed E-state index contributed by atoms with van der Waals surface area (Å²) < 4.78 is 0. The van der Waals surface area contributed by atoms with Crippen LogP contribution >= 0.6 is 0 Å². The number of rotatable bonds is 14. The number of hydrogen-bond donors (Lipinski definition) is 7. The number of hydrogen-bond acceptors (Lipinski definition) is 8. The Balaban J connectivity index is 1.77. The van der Waals surface area contributed by atoms with E-state index in [1.807, 2.05) is 6.07 Å². The molecule has 14 nitrogen and oxygen atoms in total. The lowest BCUT2D eigenvalue weighted by atomic mass is 10.0. The van der Waals surface area contributed by atoms with E-state index in [1.54, 1.807) is 36.4 Å². The molecule has 0 aliphatic carbocycles. The van der Waals surface area contributed by atoms with Crippen LogP contribution in [-0.2, 0) is 41.6 Å². The Morgan fingerprint density at radius 3 is 2.14 bits per heavy atom. The molecular weight excluding hydrogens is 560 g/mol. The van der Waals surface area contributed by atoms with Gasteiger partial charge in [-0.25, -0.2) is 0 Å². The lowest BCUT2D eigenvalue weighted by Crippen LogP contribution is -2.57. The molecule has 14 heteroatoms. The van der Waals surface area contributed by atoms with Gasteiger partial charge in [0.25, 0.3) is 0 Å². The molecule has 0 unspecified atom stereocenters. The van der Waals surface area contributed by atoms with Crippen LogP contribution in [0.4, 0.5) is 0 Å². The number of carboxylic acid groups (broad SMARTS) is 1. The highest BCUT2D eigenvalue weighted by Crippen LogP contribution is 2.20. The Morgan fingerprint density at radius 2 is 1.49 bits per heavy atom. The molecule has 0 spiro atoms. The lowest BCUT2D eigenvalue weighted by molar-refractivity contribution is -0.142. The van der Waals surface area contributed by atoms with Crippen LogP contribution in [0.2, 0.25) is 0 Å². The first-order valence-corrected chi connectivity index (χ1v) is 13.8. The van der Waals surface area contributed by atoms with Crippen molar-refractivity contribution in [2.45, 2.75) is 43.8 Å². The normalized spacial score (nSPS) is 15.6. The van der Waals surface area contributed by atoms with Crippen molar-refractivity contribution >= 4 is 35.5 Å². The fourth-order valence-electron chi connectivity index (χ4n) is 4.68. The van der Waals surface area contributed by atoms with Crippen LogP contribution in [0.3, 0.4) is 0 Å². The summed E-state index contributed by atoms with van der Waals surface area (Å²) in [5.41, 5.74) is 6.62. The van der Waals surface area contributed by atoms with Crippen LogP contribution in [-0.4, -0.2) is 94.9 Å². The lowest BCUT2D eigenvalue weighted by Gasteiger charge is -2.30. The second kappa shape index (κ2) is 15.9. The number of nitrogens with two attached hydrogens (primary N) is 1. The number of carboxylic acids is 1. The second-order valence-corrected chi connectivity index (χ2v) is 10.0. The number of aliphatic carboxylic acids is 1. The Kier molecular flexibility index (Phi) is 12.0. The van der Waals surface area contributed by atoms with Gasteiger partial charge in [-0.15, -0.1) is 0 Å². The smallest absolute Gasteiger partial charge is 0.322 e. The third-order valence-corrected chi connectivity index (χ3v) is 6.81. The number of amides is 5. The van der Waals surface area contributed by atoms with Crippen molar-refractivity contribution in [2.75, 3.05) is 26.2 Å². The summed E-state index contributed by atoms with van der Waals surface area (Å²) in [4.78, 5) is 76.6. The van der Waals surface area contributed by atoms with Gasteiger partial charge in [0, 0.05) is 19.4 Å². The molecule has 8 N–H and O–H groups in total. The van der Waals surface area contributed by atoms with Gasteiger partial charge in [-0.1, -0.05) is 42.5 Å². The van der Waals surface area contributed by atoms with E-state index in [9.17, 15) is 33.9 Å². The SMILES string of the molecule is NCC(=O)NCC(=O)N[C@@H](Cc1ccccc1)C(=O)N1CCC[C@H]1C(=O)N[C@@H](Cc1ccc(O)cc1)C(=O)NCC(=O)O. The molecule has 3 rings (SSSR count). The number of carbonyl (C=O) groups excluding carboxylic acids is 5. The highest BCUT2D eigenvalue weighted by atomic mass is 16.4. The van der Waals surface area contributed by atoms with Gasteiger partial charge in [0.15, 0.2) is 0 Å². The van der Waals surface area contributed by atoms with E-state index < -0.39 is 60.2 Å². The van der Waals surface area contributed by atoms with Gasteiger partial charge >= 0.3 is 5.97 Å². The largest absolute Gasteiger partial charge is 0.508 e. The van der Waals surface area contributed by atoms with Crippen LogP contribution in [0.25, 0.3) is 0 Å². The molecule has 43 heavy (non-hydrogen) atoms. The van der Waals surface area contributed by atoms with Crippen LogP contribution in [0.1, 0.15) is 24.0 Å². The zero-order valence-corrected chi connectivity index (χ0v) is 23.5. The maximum atomic E-state index is 13.8. The van der Waals surface area contributed by atoms with Crippen molar-refractivity contribution in [1.29, 1.82) is 0 Å². The molecule has 230 valence electrons. The summed E-state index contributed by atoms with van der Waals surface area (Å²) in [6.45, 7) is -1.10. The molecule has 1 heterocycles. The Bertz CT molecular complexity index is 1300. The summed E-state index contributed by atoms with van der Waals surface area (Å²) in [5.74, 6) is -4.24. The van der Waals surface area contributed by atoms with Crippen molar-refractivity contribution in [3.8, 4) is 5.75 Å². The van der Waals surface area contributed by atoms with Crippen molar-refractivity contribution in [3.63, 3.8) is 0 Å². The molecule has 3 atom stereocenters. The molecule has 1 aliphatic heterocycles. The average molecular weight is 597 g/mol. The van der Waals surface area contributed by atoms with Gasteiger partial charge < -0.3 is 42.1 Å². The van der Waals surface area contributed by atoms with Crippen LogP contribution in [0.15, 0.2) is 54.6 Å². The molecule has 1 saturated heterocycles. The van der Waals surface area contributed by atoms with E-state index in [0.717, 1.165) is 5.56 Å². The zero-order valence-electron chi connectivity index (χ0n) is 23.5. The van der Waals surface area contributed by atoms with Gasteiger partial charge in [-0.05, 0) is 36.1 Å². The standard InChI is InChI=1S/C29H36N6O8/c30-15-24(37)31-16-25(38)33-22(14-18-5-2-1-3-6-18)29(43)35-12-4-7-23(35)28(42)34-21(27(41)32-17-26(39)40)13-19-8-10-20(36)11-9-19/h1-3,5-6,8-11,21-23,36H,4,7,12-17,30H2,(H,31,37)(H,32,41)(H,33,38)(H,34,42)(H,39,40)/t21-,22-,23-/m0/s1. The molecule has 1 aliphatic rings. The van der Waals surface area contributed by atoms with Gasteiger partial charge in [-0.3, -0.25) is 28.8 Å². The predicted octanol–water partition coefficient (Wildman–Crippen LogP) is -1.59. The van der Waals surface area contributed by atoms with E-state index in [0.29, 0.717) is 18.4 Å². The monoisotopic (exact) mass is 596 g/mol. The minimum Gasteiger partial charge on any atom is -0.508 e. The molecule has 2 aromatic rings. The minimum atomic E-state index is -1.26. The average Bonchev–Trinajstić information content (AvgIpc) is 3.49. The first-order valence-electron chi connectivity index (χ1n) is 13.8.